The van der Waals surface area contributed by atoms with E-state index in [0.717, 1.165) is 50.8 Å². The van der Waals surface area contributed by atoms with Gasteiger partial charge in [-0.15, -0.1) is 29.5 Å². The van der Waals surface area contributed by atoms with Gasteiger partial charge >= 0.3 is 0 Å². The van der Waals surface area contributed by atoms with Crippen LogP contribution in [-0.4, -0.2) is 40.8 Å². The molecule has 1 fully saturated rings. The molecule has 2 aromatic carbocycles. The highest BCUT2D eigenvalue weighted by molar-refractivity contribution is 7.99. The van der Waals surface area contributed by atoms with E-state index in [9.17, 15) is 0 Å². The van der Waals surface area contributed by atoms with Gasteiger partial charge in [-0.2, -0.15) is 0 Å². The van der Waals surface area contributed by atoms with E-state index < -0.39 is 0 Å². The van der Waals surface area contributed by atoms with Gasteiger partial charge in [0.05, 0.1) is 17.1 Å². The number of aromatic nitrogens is 2. The number of imidazole rings is 1. The van der Waals surface area contributed by atoms with E-state index in [4.69, 9.17) is 35.7 Å². The van der Waals surface area contributed by atoms with Crippen LogP contribution in [0.1, 0.15) is 11.6 Å². The molecule has 2 heterocycles. The van der Waals surface area contributed by atoms with Gasteiger partial charge in [0.1, 0.15) is 0 Å². The molecule has 158 valence electrons. The maximum absolute atomic E-state index is 6.28. The summed E-state index contributed by atoms with van der Waals surface area (Å²) in [4.78, 5) is 6.37. The van der Waals surface area contributed by atoms with Crippen LogP contribution in [-0.2, 0) is 0 Å². The van der Waals surface area contributed by atoms with E-state index in [1.54, 1.807) is 11.8 Å². The summed E-state index contributed by atoms with van der Waals surface area (Å²) in [6.45, 7) is 2.32. The Morgan fingerprint density at radius 2 is 2.10 bits per heavy atom. The molecule has 0 aliphatic carbocycles. The third kappa shape index (κ3) is 3.59. The van der Waals surface area contributed by atoms with Gasteiger partial charge in [0, 0.05) is 46.3 Å². The van der Waals surface area contributed by atoms with Gasteiger partial charge in [-0.1, -0.05) is 18.2 Å². The van der Waals surface area contributed by atoms with Crippen LogP contribution in [0.15, 0.2) is 45.2 Å². The first-order valence-corrected chi connectivity index (χ1v) is 11.0. The maximum atomic E-state index is 6.28. The van der Waals surface area contributed by atoms with Gasteiger partial charge in [0.25, 0.3) is 0 Å². The van der Waals surface area contributed by atoms with Gasteiger partial charge < -0.3 is 27.1 Å². The number of nitrogens with zero attached hydrogens (tertiary/aromatic N) is 3. The zero-order valence-electron chi connectivity index (χ0n) is 16.3. The summed E-state index contributed by atoms with van der Waals surface area (Å²) in [5.74, 6) is 6.89. The lowest BCUT2D eigenvalue weighted by atomic mass is 9.97. The Kier molecular flexibility index (Phi) is 6.06. The fraction of sp³-hybridized carbons (Fsp3) is 0.263. The fourth-order valence-electron chi connectivity index (χ4n) is 3.66. The lowest BCUT2D eigenvalue weighted by Gasteiger charge is -2.29. The van der Waals surface area contributed by atoms with Gasteiger partial charge in [0.15, 0.2) is 5.84 Å². The summed E-state index contributed by atoms with van der Waals surface area (Å²) in [5.41, 5.74) is 24.7. The molecule has 0 amide bonds. The molecule has 1 aromatic heterocycles. The summed E-state index contributed by atoms with van der Waals surface area (Å²) < 4.78 is 2.08. The summed E-state index contributed by atoms with van der Waals surface area (Å²) in [6, 6.07) is 10.3. The van der Waals surface area contributed by atoms with Crippen LogP contribution in [0, 0.1) is 0 Å². The van der Waals surface area contributed by atoms with Gasteiger partial charge in [-0.05, 0) is 17.7 Å². The average molecular weight is 444 g/mol. The van der Waals surface area contributed by atoms with Crippen molar-refractivity contribution in [2.24, 2.45) is 22.4 Å². The Hall–Kier alpha value is -2.44. The van der Waals surface area contributed by atoms with E-state index >= 15 is 0 Å². The first-order valence-electron chi connectivity index (χ1n) is 9.52. The molecule has 1 saturated heterocycles. The summed E-state index contributed by atoms with van der Waals surface area (Å²) >= 11 is 6.38. The number of nitrogens with one attached hydrogen (secondary N) is 2. The standard InChI is InChI=1S/C19H25N9S2/c20-6-7-30-14-5-4-11(15(17(14)29)18(21)26-27-23)12-2-1-3-13-16(12)25-19(22)28(13)10-8-24-9-10/h1-5,10,24,27,29H,6-9,20,23H2,(H2,21,26)(H2,22,25). The highest BCUT2D eigenvalue weighted by atomic mass is 32.2. The number of nitrogens with two attached hydrogens (primary N) is 4. The topological polar surface area (TPSA) is 158 Å². The smallest absolute Gasteiger partial charge is 0.201 e. The average Bonchev–Trinajstić information content (AvgIpc) is 3.02. The quantitative estimate of drug-likeness (QED) is 0.0707. The van der Waals surface area contributed by atoms with Crippen LogP contribution in [0.3, 0.4) is 0 Å². The van der Waals surface area contributed by atoms with Crippen molar-refractivity contribution in [1.29, 1.82) is 0 Å². The normalized spacial score (nSPS) is 14.8. The van der Waals surface area contributed by atoms with Crippen LogP contribution in [0.25, 0.3) is 22.2 Å². The molecular formula is C19H25N9S2. The van der Waals surface area contributed by atoms with Crippen LogP contribution < -0.4 is 33.9 Å². The Morgan fingerprint density at radius 3 is 2.77 bits per heavy atom. The number of rotatable bonds is 7. The molecule has 3 aromatic rings. The van der Waals surface area contributed by atoms with Crippen molar-refractivity contribution >= 4 is 47.2 Å². The molecule has 4 rings (SSSR count). The molecule has 11 heteroatoms. The minimum atomic E-state index is 0.236. The zero-order chi connectivity index (χ0) is 21.3. The molecule has 0 unspecified atom stereocenters. The lowest BCUT2D eigenvalue weighted by molar-refractivity contribution is 0.354. The van der Waals surface area contributed by atoms with Crippen molar-refractivity contribution in [1.82, 2.24) is 20.4 Å². The predicted octanol–water partition coefficient (Wildman–Crippen LogP) is 0.853. The van der Waals surface area contributed by atoms with Crippen molar-refractivity contribution in [3.05, 3.63) is 35.9 Å². The highest BCUT2D eigenvalue weighted by Crippen LogP contribution is 2.39. The molecule has 0 saturated carbocycles. The van der Waals surface area contributed by atoms with Crippen molar-refractivity contribution in [2.75, 3.05) is 31.1 Å². The first kappa shape index (κ1) is 20.8. The van der Waals surface area contributed by atoms with Crippen LogP contribution in [0.2, 0.25) is 0 Å². The van der Waals surface area contributed by atoms with Crippen molar-refractivity contribution < 1.29 is 0 Å². The minimum Gasteiger partial charge on any atom is -0.382 e. The predicted molar refractivity (Wildman–Crippen MR) is 127 cm³/mol. The van der Waals surface area contributed by atoms with E-state index in [2.05, 4.69) is 25.5 Å². The summed E-state index contributed by atoms with van der Waals surface area (Å²) in [7, 11) is 0. The van der Waals surface area contributed by atoms with E-state index in [0.29, 0.717) is 24.1 Å². The number of fused-ring (bicyclic) bond motifs is 1. The number of hydrogen-bond donors (Lipinski definition) is 7. The molecule has 0 bridgehead atoms. The number of thioether (sulfide) groups is 1. The lowest BCUT2D eigenvalue weighted by Crippen LogP contribution is -2.43. The van der Waals surface area contributed by atoms with Crippen molar-refractivity contribution in [3.8, 4) is 11.1 Å². The maximum Gasteiger partial charge on any atom is 0.201 e. The van der Waals surface area contributed by atoms with E-state index in [1.165, 1.54) is 0 Å². The third-order valence-electron chi connectivity index (χ3n) is 5.12. The number of hydrazine groups is 1. The molecular weight excluding hydrogens is 418 g/mol. The number of para-hydroxylation sites is 1. The van der Waals surface area contributed by atoms with Crippen LogP contribution >= 0.6 is 24.4 Å². The fourth-order valence-corrected chi connectivity index (χ4v) is 4.90. The molecule has 0 atom stereocenters. The molecule has 1 aliphatic heterocycles. The Morgan fingerprint density at radius 1 is 1.30 bits per heavy atom. The second-order valence-electron chi connectivity index (χ2n) is 6.92. The summed E-state index contributed by atoms with van der Waals surface area (Å²) in [5, 5.41) is 7.28. The third-order valence-corrected chi connectivity index (χ3v) is 6.83. The number of benzene rings is 2. The Labute approximate surface area is 184 Å². The molecule has 0 radical (unpaired) electrons. The van der Waals surface area contributed by atoms with Crippen molar-refractivity contribution in [2.45, 2.75) is 15.8 Å². The number of nitrogen functional groups attached to an aromatic ring is 1. The molecule has 9 nitrogen and oxygen atoms in total. The monoisotopic (exact) mass is 443 g/mol. The molecule has 0 spiro atoms. The number of thiol groups is 1. The summed E-state index contributed by atoms with van der Waals surface area (Å²) in [6.07, 6.45) is 0. The number of anilines is 1. The number of hydrazone groups is 1. The Balaban J connectivity index is 1.92. The highest BCUT2D eigenvalue weighted by Gasteiger charge is 2.25. The number of hydrogen-bond acceptors (Lipinski definition) is 9. The second-order valence-corrected chi connectivity index (χ2v) is 8.51. The number of amidine groups is 1. The van der Waals surface area contributed by atoms with Gasteiger partial charge in [-0.3, -0.25) is 0 Å². The van der Waals surface area contributed by atoms with Gasteiger partial charge in [0.2, 0.25) is 5.95 Å². The van der Waals surface area contributed by atoms with Crippen molar-refractivity contribution in [3.63, 3.8) is 0 Å². The molecule has 10 N–H and O–H groups in total. The molecule has 1 aliphatic rings. The van der Waals surface area contributed by atoms with E-state index in [-0.39, 0.29) is 5.84 Å². The first-order chi connectivity index (χ1) is 14.6. The SMILES string of the molecule is NCCSc1ccc(-c2cccc3c2nc(N)n3C2CNC2)c(/C(N)=N/NN)c1S. The van der Waals surface area contributed by atoms with Crippen LogP contribution in [0.4, 0.5) is 5.95 Å². The zero-order valence-corrected chi connectivity index (χ0v) is 18.0. The molecule has 30 heavy (non-hydrogen) atoms. The Bertz CT molecular complexity index is 1110. The van der Waals surface area contributed by atoms with Crippen LogP contribution in [0.5, 0.6) is 0 Å². The van der Waals surface area contributed by atoms with E-state index in [1.807, 2.05) is 30.3 Å². The van der Waals surface area contributed by atoms with Gasteiger partial charge in [-0.25, -0.2) is 16.4 Å². The largest absolute Gasteiger partial charge is 0.382 e. The minimum absolute atomic E-state index is 0.236. The second kappa shape index (κ2) is 8.74.